The smallest absolute Gasteiger partial charge is 0.247 e. The highest BCUT2D eigenvalue weighted by molar-refractivity contribution is 5.98. The van der Waals surface area contributed by atoms with Crippen LogP contribution in [0.1, 0.15) is 18.1 Å². The minimum Gasteiger partial charge on any atom is -0.394 e. The van der Waals surface area contributed by atoms with E-state index >= 15 is 0 Å². The number of rotatable bonds is 2. The Kier molecular flexibility index (Phi) is 3.92. The Balaban J connectivity index is 2.36. The molecule has 0 aromatic heterocycles. The van der Waals surface area contributed by atoms with Gasteiger partial charge in [0.1, 0.15) is 6.04 Å². The van der Waals surface area contributed by atoms with Crippen LogP contribution in [0.2, 0.25) is 0 Å². The molecule has 1 aromatic rings. The van der Waals surface area contributed by atoms with E-state index in [1.807, 2.05) is 48.9 Å². The third-order valence-corrected chi connectivity index (χ3v) is 3.99. The highest BCUT2D eigenvalue weighted by atomic mass is 16.3. The number of aliphatic hydroxyl groups excluding tert-OH is 1. The van der Waals surface area contributed by atoms with Crippen molar-refractivity contribution in [2.45, 2.75) is 32.9 Å². The van der Waals surface area contributed by atoms with Crippen LogP contribution in [0.25, 0.3) is 0 Å². The SMILES string of the molecule is Cc1ccc(N2C(=O)C(CO)N(C)CC2C)cc1C. The first-order valence-corrected chi connectivity index (χ1v) is 6.67. The van der Waals surface area contributed by atoms with Crippen molar-refractivity contribution in [2.24, 2.45) is 0 Å². The first kappa shape index (κ1) is 14.0. The number of hydrogen-bond acceptors (Lipinski definition) is 3. The van der Waals surface area contributed by atoms with Gasteiger partial charge >= 0.3 is 0 Å². The summed E-state index contributed by atoms with van der Waals surface area (Å²) in [6.45, 7) is 6.78. The number of anilines is 1. The van der Waals surface area contributed by atoms with Gasteiger partial charge in [0.25, 0.3) is 0 Å². The second kappa shape index (κ2) is 5.31. The first-order valence-electron chi connectivity index (χ1n) is 6.67. The number of nitrogens with zero attached hydrogens (tertiary/aromatic N) is 2. The van der Waals surface area contributed by atoms with E-state index in [-0.39, 0.29) is 18.6 Å². The molecule has 0 aliphatic carbocycles. The lowest BCUT2D eigenvalue weighted by molar-refractivity contribution is -0.127. The Morgan fingerprint density at radius 2 is 2.00 bits per heavy atom. The molecular formula is C15H22N2O2. The quantitative estimate of drug-likeness (QED) is 0.874. The van der Waals surface area contributed by atoms with E-state index in [4.69, 9.17) is 0 Å². The van der Waals surface area contributed by atoms with Crippen LogP contribution in [0.4, 0.5) is 5.69 Å². The third kappa shape index (κ3) is 2.51. The maximum absolute atomic E-state index is 12.5. The summed E-state index contributed by atoms with van der Waals surface area (Å²) in [5.74, 6) is -0.0213. The Morgan fingerprint density at radius 1 is 1.32 bits per heavy atom. The van der Waals surface area contributed by atoms with Crippen LogP contribution in [-0.4, -0.2) is 48.2 Å². The van der Waals surface area contributed by atoms with E-state index in [0.717, 1.165) is 12.2 Å². The number of aliphatic hydroxyl groups is 1. The number of carbonyl (C=O) groups excluding carboxylic acids is 1. The standard InChI is InChI=1S/C15H22N2O2/c1-10-5-6-13(7-11(10)2)17-12(3)8-16(4)14(9-18)15(17)19/h5-7,12,14,18H,8-9H2,1-4H3. The molecule has 1 heterocycles. The van der Waals surface area contributed by atoms with E-state index in [1.54, 1.807) is 0 Å². The van der Waals surface area contributed by atoms with Crippen molar-refractivity contribution < 1.29 is 9.90 Å². The number of benzene rings is 1. The minimum atomic E-state index is -0.433. The van der Waals surface area contributed by atoms with Crippen molar-refractivity contribution in [1.82, 2.24) is 4.90 Å². The van der Waals surface area contributed by atoms with Gasteiger partial charge in [-0.25, -0.2) is 0 Å². The van der Waals surface area contributed by atoms with E-state index in [1.165, 1.54) is 11.1 Å². The molecule has 2 atom stereocenters. The summed E-state index contributed by atoms with van der Waals surface area (Å²) in [6.07, 6.45) is 0. The second-order valence-electron chi connectivity index (χ2n) is 5.46. The fraction of sp³-hybridized carbons (Fsp3) is 0.533. The van der Waals surface area contributed by atoms with Crippen molar-refractivity contribution >= 4 is 11.6 Å². The van der Waals surface area contributed by atoms with Crippen LogP contribution in [0, 0.1) is 13.8 Å². The van der Waals surface area contributed by atoms with Crippen LogP contribution in [0.3, 0.4) is 0 Å². The molecule has 1 aromatic carbocycles. The van der Waals surface area contributed by atoms with E-state index in [0.29, 0.717) is 0 Å². The Hall–Kier alpha value is -1.39. The number of likely N-dealkylation sites (N-methyl/N-ethyl adjacent to an activating group) is 1. The van der Waals surface area contributed by atoms with Crippen LogP contribution in [0.15, 0.2) is 18.2 Å². The maximum Gasteiger partial charge on any atom is 0.247 e. The molecule has 19 heavy (non-hydrogen) atoms. The van der Waals surface area contributed by atoms with Crippen molar-refractivity contribution in [2.75, 3.05) is 25.1 Å². The summed E-state index contributed by atoms with van der Waals surface area (Å²) in [4.78, 5) is 16.2. The van der Waals surface area contributed by atoms with Crippen molar-refractivity contribution in [3.8, 4) is 0 Å². The van der Waals surface area contributed by atoms with Gasteiger partial charge in [0.2, 0.25) is 5.91 Å². The van der Waals surface area contributed by atoms with Crippen LogP contribution in [-0.2, 0) is 4.79 Å². The minimum absolute atomic E-state index is 0.0213. The zero-order valence-corrected chi connectivity index (χ0v) is 12.1. The molecule has 0 bridgehead atoms. The molecule has 4 nitrogen and oxygen atoms in total. The Labute approximate surface area is 114 Å². The molecule has 2 rings (SSSR count). The molecule has 0 saturated carbocycles. The fourth-order valence-electron chi connectivity index (χ4n) is 2.67. The maximum atomic E-state index is 12.5. The highest BCUT2D eigenvalue weighted by Gasteiger charge is 2.37. The van der Waals surface area contributed by atoms with Gasteiger partial charge in [-0.1, -0.05) is 6.07 Å². The topological polar surface area (TPSA) is 43.8 Å². The molecule has 0 spiro atoms. The molecule has 1 aliphatic rings. The molecule has 104 valence electrons. The molecule has 1 fully saturated rings. The monoisotopic (exact) mass is 262 g/mol. The predicted octanol–water partition coefficient (Wildman–Crippen LogP) is 1.33. The predicted molar refractivity (Wildman–Crippen MR) is 76.4 cm³/mol. The van der Waals surface area contributed by atoms with Crippen molar-refractivity contribution in [3.63, 3.8) is 0 Å². The summed E-state index contributed by atoms with van der Waals surface area (Å²) in [7, 11) is 1.88. The van der Waals surface area contributed by atoms with Gasteiger partial charge in [-0.3, -0.25) is 9.69 Å². The molecular weight excluding hydrogens is 240 g/mol. The van der Waals surface area contributed by atoms with Crippen LogP contribution < -0.4 is 4.90 Å². The van der Waals surface area contributed by atoms with Crippen LogP contribution >= 0.6 is 0 Å². The number of aryl methyl sites for hydroxylation is 2. The Morgan fingerprint density at radius 3 is 2.58 bits per heavy atom. The molecule has 4 heteroatoms. The van der Waals surface area contributed by atoms with E-state index in [2.05, 4.69) is 6.92 Å². The molecule has 1 saturated heterocycles. The first-order chi connectivity index (χ1) is 8.95. The van der Waals surface area contributed by atoms with Crippen molar-refractivity contribution in [3.05, 3.63) is 29.3 Å². The Bertz CT molecular complexity index is 487. The van der Waals surface area contributed by atoms with Gasteiger partial charge in [0.05, 0.1) is 6.61 Å². The lowest BCUT2D eigenvalue weighted by Crippen LogP contribution is -2.61. The van der Waals surface area contributed by atoms with E-state index < -0.39 is 6.04 Å². The third-order valence-electron chi connectivity index (χ3n) is 3.99. The van der Waals surface area contributed by atoms with Gasteiger partial charge in [0.15, 0.2) is 0 Å². The average Bonchev–Trinajstić information content (AvgIpc) is 2.33. The zero-order chi connectivity index (χ0) is 14.2. The summed E-state index contributed by atoms with van der Waals surface area (Å²) < 4.78 is 0. The number of carbonyl (C=O) groups is 1. The summed E-state index contributed by atoms with van der Waals surface area (Å²) in [6, 6.07) is 5.75. The molecule has 0 radical (unpaired) electrons. The number of piperazine rings is 1. The van der Waals surface area contributed by atoms with Gasteiger partial charge < -0.3 is 10.0 Å². The van der Waals surface area contributed by atoms with Gasteiger partial charge in [-0.15, -0.1) is 0 Å². The lowest BCUT2D eigenvalue weighted by atomic mass is 10.0. The molecule has 1 N–H and O–H groups in total. The second-order valence-corrected chi connectivity index (χ2v) is 5.46. The average molecular weight is 262 g/mol. The van der Waals surface area contributed by atoms with Gasteiger partial charge in [0, 0.05) is 18.3 Å². The highest BCUT2D eigenvalue weighted by Crippen LogP contribution is 2.25. The molecule has 2 unspecified atom stereocenters. The number of hydrogen-bond donors (Lipinski definition) is 1. The fourth-order valence-corrected chi connectivity index (χ4v) is 2.67. The lowest BCUT2D eigenvalue weighted by Gasteiger charge is -2.42. The van der Waals surface area contributed by atoms with Gasteiger partial charge in [-0.2, -0.15) is 0 Å². The summed E-state index contributed by atoms with van der Waals surface area (Å²) >= 11 is 0. The van der Waals surface area contributed by atoms with E-state index in [9.17, 15) is 9.90 Å². The summed E-state index contributed by atoms with van der Waals surface area (Å²) in [5.41, 5.74) is 3.32. The number of amides is 1. The van der Waals surface area contributed by atoms with Crippen molar-refractivity contribution in [1.29, 1.82) is 0 Å². The largest absolute Gasteiger partial charge is 0.394 e. The van der Waals surface area contributed by atoms with Gasteiger partial charge in [-0.05, 0) is 51.1 Å². The molecule has 1 aliphatic heterocycles. The normalized spacial score (nSPS) is 24.9. The van der Waals surface area contributed by atoms with Crippen LogP contribution in [0.5, 0.6) is 0 Å². The molecule has 1 amide bonds. The summed E-state index contributed by atoms with van der Waals surface area (Å²) in [5, 5.41) is 9.39. The zero-order valence-electron chi connectivity index (χ0n) is 12.1.